The van der Waals surface area contributed by atoms with Crippen LogP contribution in [-0.4, -0.2) is 20.7 Å². The summed E-state index contributed by atoms with van der Waals surface area (Å²) in [5, 5.41) is 6.99. The van der Waals surface area contributed by atoms with E-state index in [2.05, 4.69) is 29.3 Å². The van der Waals surface area contributed by atoms with Crippen LogP contribution in [0.25, 0.3) is 0 Å². The Morgan fingerprint density at radius 1 is 1.50 bits per heavy atom. The molecule has 0 aliphatic rings. The summed E-state index contributed by atoms with van der Waals surface area (Å²) in [7, 11) is 0. The van der Waals surface area contributed by atoms with Crippen molar-refractivity contribution in [1.82, 2.24) is 20.0 Å². The van der Waals surface area contributed by atoms with Crippen molar-refractivity contribution in [1.29, 1.82) is 0 Å². The molecule has 0 saturated carbocycles. The molecule has 5 nitrogen and oxygen atoms in total. The quantitative estimate of drug-likeness (QED) is 0.828. The number of nitrogens with zero attached hydrogens (tertiary/aromatic N) is 3. The van der Waals surface area contributed by atoms with Crippen LogP contribution in [0.3, 0.4) is 0 Å². The Bertz CT molecular complexity index is 419. The van der Waals surface area contributed by atoms with Crippen LogP contribution in [0.2, 0.25) is 0 Å². The average molecular weight is 220 g/mol. The van der Waals surface area contributed by atoms with Gasteiger partial charge in [-0.2, -0.15) is 0 Å². The molecular weight excluding hydrogens is 204 g/mol. The lowest BCUT2D eigenvalue weighted by Crippen LogP contribution is -2.21. The Morgan fingerprint density at radius 3 is 3.06 bits per heavy atom. The SMILES string of the molecule is CC(C)NCc1cn(Cc2ccno2)cn1. The van der Waals surface area contributed by atoms with Crippen molar-refractivity contribution in [2.24, 2.45) is 0 Å². The Balaban J connectivity index is 1.92. The molecule has 0 unspecified atom stereocenters. The molecule has 0 bridgehead atoms. The van der Waals surface area contributed by atoms with Crippen molar-refractivity contribution in [3.63, 3.8) is 0 Å². The van der Waals surface area contributed by atoms with Crippen LogP contribution in [0, 0.1) is 0 Å². The molecule has 0 aromatic carbocycles. The van der Waals surface area contributed by atoms with Crippen LogP contribution in [-0.2, 0) is 13.1 Å². The van der Waals surface area contributed by atoms with Crippen LogP contribution in [0.15, 0.2) is 29.3 Å². The zero-order valence-corrected chi connectivity index (χ0v) is 9.55. The summed E-state index contributed by atoms with van der Waals surface area (Å²) in [6.45, 7) is 5.70. The number of rotatable bonds is 5. The molecule has 2 heterocycles. The van der Waals surface area contributed by atoms with Gasteiger partial charge in [-0.1, -0.05) is 19.0 Å². The highest BCUT2D eigenvalue weighted by Crippen LogP contribution is 2.03. The van der Waals surface area contributed by atoms with Gasteiger partial charge >= 0.3 is 0 Å². The first kappa shape index (κ1) is 10.9. The van der Waals surface area contributed by atoms with Crippen molar-refractivity contribution in [2.75, 3.05) is 0 Å². The highest BCUT2D eigenvalue weighted by atomic mass is 16.5. The van der Waals surface area contributed by atoms with Gasteiger partial charge in [0.2, 0.25) is 0 Å². The van der Waals surface area contributed by atoms with Crippen molar-refractivity contribution in [3.8, 4) is 0 Å². The molecule has 16 heavy (non-hydrogen) atoms. The molecule has 0 aliphatic carbocycles. The molecule has 0 saturated heterocycles. The molecule has 0 radical (unpaired) electrons. The summed E-state index contributed by atoms with van der Waals surface area (Å²) in [5.74, 6) is 0.834. The second kappa shape index (κ2) is 4.94. The first-order chi connectivity index (χ1) is 7.74. The van der Waals surface area contributed by atoms with Crippen molar-refractivity contribution < 1.29 is 4.52 Å². The Morgan fingerprint density at radius 2 is 2.38 bits per heavy atom. The van der Waals surface area contributed by atoms with Gasteiger partial charge in [-0.05, 0) is 0 Å². The van der Waals surface area contributed by atoms with Crippen molar-refractivity contribution in [3.05, 3.63) is 36.2 Å². The van der Waals surface area contributed by atoms with Gasteiger partial charge < -0.3 is 14.4 Å². The van der Waals surface area contributed by atoms with Gasteiger partial charge in [-0.25, -0.2) is 4.98 Å². The highest BCUT2D eigenvalue weighted by Gasteiger charge is 2.02. The lowest BCUT2D eigenvalue weighted by atomic mass is 10.3. The van der Waals surface area contributed by atoms with E-state index in [9.17, 15) is 0 Å². The molecule has 1 N–H and O–H groups in total. The maximum Gasteiger partial charge on any atom is 0.156 e. The molecule has 2 aromatic rings. The second-order valence-electron chi connectivity index (χ2n) is 4.05. The maximum absolute atomic E-state index is 5.03. The van der Waals surface area contributed by atoms with E-state index in [1.165, 1.54) is 0 Å². The fourth-order valence-electron chi connectivity index (χ4n) is 1.40. The standard InChI is InChI=1S/C11H16N4O/c1-9(2)12-5-10-6-15(8-13-10)7-11-3-4-14-16-11/h3-4,6,8-9,12H,5,7H2,1-2H3. The van der Waals surface area contributed by atoms with Crippen molar-refractivity contribution >= 4 is 0 Å². The van der Waals surface area contributed by atoms with Crippen LogP contribution in [0.5, 0.6) is 0 Å². The van der Waals surface area contributed by atoms with Crippen LogP contribution >= 0.6 is 0 Å². The Kier molecular flexibility index (Phi) is 3.36. The van der Waals surface area contributed by atoms with Crippen LogP contribution in [0.1, 0.15) is 25.3 Å². The molecular formula is C11H16N4O. The van der Waals surface area contributed by atoms with Gasteiger partial charge in [0, 0.05) is 24.8 Å². The fraction of sp³-hybridized carbons (Fsp3) is 0.455. The minimum absolute atomic E-state index is 0.472. The normalized spacial score (nSPS) is 11.2. The molecule has 86 valence electrons. The number of nitrogens with one attached hydrogen (secondary N) is 1. The first-order valence-electron chi connectivity index (χ1n) is 5.37. The molecule has 0 aliphatic heterocycles. The molecule has 0 spiro atoms. The van der Waals surface area contributed by atoms with Gasteiger partial charge in [0.25, 0.3) is 0 Å². The predicted molar refractivity (Wildman–Crippen MR) is 59.8 cm³/mol. The number of hydrogen-bond acceptors (Lipinski definition) is 4. The van der Waals surface area contributed by atoms with Crippen molar-refractivity contribution in [2.45, 2.75) is 33.0 Å². The summed E-state index contributed by atoms with van der Waals surface area (Å²) in [4.78, 5) is 4.31. The summed E-state index contributed by atoms with van der Waals surface area (Å²) in [6.07, 6.45) is 5.46. The fourth-order valence-corrected chi connectivity index (χ4v) is 1.40. The lowest BCUT2D eigenvalue weighted by Gasteiger charge is -2.04. The lowest BCUT2D eigenvalue weighted by molar-refractivity contribution is 0.376. The van der Waals surface area contributed by atoms with Gasteiger partial charge in [0.05, 0.1) is 24.8 Å². The van der Waals surface area contributed by atoms with Crippen LogP contribution < -0.4 is 5.32 Å². The molecule has 0 fully saturated rings. The van der Waals surface area contributed by atoms with E-state index < -0.39 is 0 Å². The van der Waals surface area contributed by atoms with Gasteiger partial charge in [-0.15, -0.1) is 0 Å². The molecule has 2 aromatic heterocycles. The summed E-state index contributed by atoms with van der Waals surface area (Å²) < 4.78 is 7.01. The largest absolute Gasteiger partial charge is 0.359 e. The maximum atomic E-state index is 5.03. The van der Waals surface area contributed by atoms with Gasteiger partial charge in [0.1, 0.15) is 0 Å². The number of aromatic nitrogens is 3. The Hall–Kier alpha value is -1.62. The minimum atomic E-state index is 0.472. The monoisotopic (exact) mass is 220 g/mol. The smallest absolute Gasteiger partial charge is 0.156 e. The topological polar surface area (TPSA) is 55.9 Å². The summed E-state index contributed by atoms with van der Waals surface area (Å²) in [6, 6.07) is 2.32. The third kappa shape index (κ3) is 2.93. The summed E-state index contributed by atoms with van der Waals surface area (Å²) in [5.41, 5.74) is 1.04. The van der Waals surface area contributed by atoms with Gasteiger partial charge in [-0.3, -0.25) is 0 Å². The molecule has 5 heteroatoms. The second-order valence-corrected chi connectivity index (χ2v) is 4.05. The zero-order valence-electron chi connectivity index (χ0n) is 9.55. The van der Waals surface area contributed by atoms with E-state index >= 15 is 0 Å². The summed E-state index contributed by atoms with van der Waals surface area (Å²) >= 11 is 0. The molecule has 2 rings (SSSR count). The average Bonchev–Trinajstić information content (AvgIpc) is 2.87. The molecule has 0 amide bonds. The van der Waals surface area contributed by atoms with E-state index in [1.54, 1.807) is 12.5 Å². The highest BCUT2D eigenvalue weighted by molar-refractivity contribution is 5.00. The van der Waals surface area contributed by atoms with E-state index in [0.717, 1.165) is 18.0 Å². The molecule has 0 atom stereocenters. The van der Waals surface area contributed by atoms with Crippen LogP contribution in [0.4, 0.5) is 0 Å². The third-order valence-electron chi connectivity index (χ3n) is 2.21. The Labute approximate surface area is 94.5 Å². The zero-order chi connectivity index (χ0) is 11.4. The number of imidazole rings is 1. The van der Waals surface area contributed by atoms with Gasteiger partial charge in [0.15, 0.2) is 5.76 Å². The predicted octanol–water partition coefficient (Wildman–Crippen LogP) is 1.42. The van der Waals surface area contributed by atoms with E-state index in [-0.39, 0.29) is 0 Å². The van der Waals surface area contributed by atoms with E-state index in [0.29, 0.717) is 12.6 Å². The van der Waals surface area contributed by atoms with E-state index in [4.69, 9.17) is 4.52 Å². The van der Waals surface area contributed by atoms with E-state index in [1.807, 2.05) is 16.8 Å². The first-order valence-corrected chi connectivity index (χ1v) is 5.37. The number of hydrogen-bond donors (Lipinski definition) is 1. The minimum Gasteiger partial charge on any atom is -0.359 e. The third-order valence-corrected chi connectivity index (χ3v) is 2.21.